The molecule has 120 valence electrons. The maximum atomic E-state index is 5.83. The van der Waals surface area contributed by atoms with Crippen LogP contribution in [0.5, 0.6) is 5.75 Å². The molecule has 1 heterocycles. The molecule has 3 rings (SSSR count). The SMILES string of the molecule is Clc1cccc(NN=Cc2cccc(OCc3ccccc3)c2)n1. The predicted octanol–water partition coefficient (Wildman–Crippen LogP) is 4.76. The number of hydrogen-bond donors (Lipinski definition) is 1. The number of benzene rings is 2. The van der Waals surface area contributed by atoms with Crippen LogP contribution in [0.4, 0.5) is 5.82 Å². The molecule has 4 nitrogen and oxygen atoms in total. The smallest absolute Gasteiger partial charge is 0.147 e. The molecule has 0 atom stereocenters. The summed E-state index contributed by atoms with van der Waals surface area (Å²) >= 11 is 5.83. The van der Waals surface area contributed by atoms with Crippen molar-refractivity contribution in [1.29, 1.82) is 0 Å². The summed E-state index contributed by atoms with van der Waals surface area (Å²) in [4.78, 5) is 4.10. The van der Waals surface area contributed by atoms with Crippen molar-refractivity contribution in [3.05, 3.63) is 89.1 Å². The van der Waals surface area contributed by atoms with E-state index < -0.39 is 0 Å². The van der Waals surface area contributed by atoms with Crippen molar-refractivity contribution >= 4 is 23.6 Å². The van der Waals surface area contributed by atoms with E-state index in [0.29, 0.717) is 17.6 Å². The summed E-state index contributed by atoms with van der Waals surface area (Å²) < 4.78 is 5.80. The molecule has 5 heteroatoms. The van der Waals surface area contributed by atoms with Crippen molar-refractivity contribution in [2.24, 2.45) is 5.10 Å². The number of pyridine rings is 1. The monoisotopic (exact) mass is 337 g/mol. The Bertz CT molecular complexity index is 822. The number of hydrogen-bond acceptors (Lipinski definition) is 4. The Morgan fingerprint density at radius 3 is 2.67 bits per heavy atom. The summed E-state index contributed by atoms with van der Waals surface area (Å²) in [5.74, 6) is 1.39. The first-order valence-electron chi connectivity index (χ1n) is 7.48. The van der Waals surface area contributed by atoms with E-state index in [1.54, 1.807) is 18.3 Å². The van der Waals surface area contributed by atoms with E-state index >= 15 is 0 Å². The van der Waals surface area contributed by atoms with Gasteiger partial charge in [-0.25, -0.2) is 4.98 Å². The lowest BCUT2D eigenvalue weighted by molar-refractivity contribution is 0.306. The second-order valence-electron chi connectivity index (χ2n) is 5.06. The number of halogens is 1. The van der Waals surface area contributed by atoms with Crippen LogP contribution in [0.3, 0.4) is 0 Å². The van der Waals surface area contributed by atoms with Gasteiger partial charge in [-0.3, -0.25) is 5.43 Å². The molecule has 0 spiro atoms. The zero-order chi connectivity index (χ0) is 16.6. The molecule has 0 fully saturated rings. The summed E-state index contributed by atoms with van der Waals surface area (Å²) in [7, 11) is 0. The Labute approximate surface area is 145 Å². The quantitative estimate of drug-likeness (QED) is 0.401. The second-order valence-corrected chi connectivity index (χ2v) is 5.45. The molecule has 24 heavy (non-hydrogen) atoms. The van der Waals surface area contributed by atoms with Crippen molar-refractivity contribution in [3.8, 4) is 5.75 Å². The summed E-state index contributed by atoms with van der Waals surface area (Å²) in [5.41, 5.74) is 4.90. The fourth-order valence-electron chi connectivity index (χ4n) is 2.07. The highest BCUT2D eigenvalue weighted by molar-refractivity contribution is 6.29. The van der Waals surface area contributed by atoms with Crippen LogP contribution in [0.2, 0.25) is 5.15 Å². The third-order valence-electron chi connectivity index (χ3n) is 3.21. The first kappa shape index (κ1) is 16.0. The van der Waals surface area contributed by atoms with Crippen LogP contribution in [-0.2, 0) is 6.61 Å². The van der Waals surface area contributed by atoms with Gasteiger partial charge < -0.3 is 4.74 Å². The number of nitrogens with one attached hydrogen (secondary N) is 1. The zero-order valence-corrected chi connectivity index (χ0v) is 13.6. The van der Waals surface area contributed by atoms with E-state index in [0.717, 1.165) is 16.9 Å². The third-order valence-corrected chi connectivity index (χ3v) is 3.42. The maximum absolute atomic E-state index is 5.83. The fraction of sp³-hybridized carbons (Fsp3) is 0.0526. The van der Waals surface area contributed by atoms with Crippen LogP contribution in [0, 0.1) is 0 Å². The highest BCUT2D eigenvalue weighted by atomic mass is 35.5. The van der Waals surface area contributed by atoms with E-state index in [-0.39, 0.29) is 0 Å². The van der Waals surface area contributed by atoms with E-state index in [1.807, 2.05) is 60.7 Å². The van der Waals surface area contributed by atoms with Gasteiger partial charge in [0.25, 0.3) is 0 Å². The molecule has 1 aromatic heterocycles. The number of nitrogens with zero attached hydrogens (tertiary/aromatic N) is 2. The molecule has 0 aliphatic carbocycles. The Morgan fingerprint density at radius 2 is 1.83 bits per heavy atom. The molecule has 0 amide bonds. The van der Waals surface area contributed by atoms with E-state index in [2.05, 4.69) is 15.5 Å². The minimum Gasteiger partial charge on any atom is -0.489 e. The molecule has 0 saturated heterocycles. The lowest BCUT2D eigenvalue weighted by atomic mass is 10.2. The standard InChI is InChI=1S/C19H16ClN3O/c20-18-10-5-11-19(22-18)23-21-13-16-8-4-9-17(12-16)24-14-15-6-2-1-3-7-15/h1-13H,14H2,(H,22,23). The van der Waals surface area contributed by atoms with E-state index in [1.165, 1.54) is 0 Å². The highest BCUT2D eigenvalue weighted by Gasteiger charge is 1.97. The van der Waals surface area contributed by atoms with Crippen molar-refractivity contribution in [2.45, 2.75) is 6.61 Å². The largest absolute Gasteiger partial charge is 0.489 e. The Hall–Kier alpha value is -2.85. The Kier molecular flexibility index (Phi) is 5.43. The molecular formula is C19H16ClN3O. The first-order valence-corrected chi connectivity index (χ1v) is 7.86. The molecule has 2 aromatic carbocycles. The van der Waals surface area contributed by atoms with Crippen molar-refractivity contribution in [1.82, 2.24) is 4.98 Å². The molecule has 3 aromatic rings. The average molecular weight is 338 g/mol. The molecule has 1 N–H and O–H groups in total. The summed E-state index contributed by atoms with van der Waals surface area (Å²) in [6, 6.07) is 23.1. The zero-order valence-electron chi connectivity index (χ0n) is 12.9. The average Bonchev–Trinajstić information content (AvgIpc) is 2.61. The number of aromatic nitrogens is 1. The van der Waals surface area contributed by atoms with E-state index in [4.69, 9.17) is 16.3 Å². The first-order chi connectivity index (χ1) is 11.8. The Balaban J connectivity index is 1.59. The number of rotatable bonds is 6. The van der Waals surface area contributed by atoms with Gasteiger partial charge in [-0.15, -0.1) is 0 Å². The maximum Gasteiger partial charge on any atom is 0.147 e. The van der Waals surface area contributed by atoms with Gasteiger partial charge >= 0.3 is 0 Å². The van der Waals surface area contributed by atoms with Gasteiger partial charge in [-0.2, -0.15) is 5.10 Å². The van der Waals surface area contributed by atoms with Crippen LogP contribution in [0.25, 0.3) is 0 Å². The van der Waals surface area contributed by atoms with Gasteiger partial charge in [0, 0.05) is 0 Å². The van der Waals surface area contributed by atoms with Crippen LogP contribution in [0.15, 0.2) is 77.9 Å². The number of ether oxygens (including phenoxy) is 1. The molecule has 0 saturated carbocycles. The van der Waals surface area contributed by atoms with Crippen LogP contribution < -0.4 is 10.2 Å². The topological polar surface area (TPSA) is 46.5 Å². The minimum atomic E-state index is 0.423. The second kappa shape index (κ2) is 8.13. The molecule has 0 bridgehead atoms. The molecule has 0 unspecified atom stereocenters. The van der Waals surface area contributed by atoms with Crippen molar-refractivity contribution in [2.75, 3.05) is 5.43 Å². The van der Waals surface area contributed by atoms with Crippen LogP contribution in [-0.4, -0.2) is 11.2 Å². The van der Waals surface area contributed by atoms with Crippen LogP contribution >= 0.6 is 11.6 Å². The lowest BCUT2D eigenvalue weighted by Crippen LogP contribution is -1.96. The third kappa shape index (κ3) is 4.83. The summed E-state index contributed by atoms with van der Waals surface area (Å²) in [6.07, 6.45) is 1.71. The van der Waals surface area contributed by atoms with Crippen LogP contribution in [0.1, 0.15) is 11.1 Å². The van der Waals surface area contributed by atoms with Gasteiger partial charge in [-0.05, 0) is 35.4 Å². The van der Waals surface area contributed by atoms with Crippen molar-refractivity contribution < 1.29 is 4.74 Å². The summed E-state index contributed by atoms with van der Waals surface area (Å²) in [6.45, 7) is 0.534. The molecule has 0 aliphatic heterocycles. The van der Waals surface area contributed by atoms with Gasteiger partial charge in [-0.1, -0.05) is 60.1 Å². The summed E-state index contributed by atoms with van der Waals surface area (Å²) in [5, 5.41) is 4.58. The number of hydrazone groups is 1. The van der Waals surface area contributed by atoms with Gasteiger partial charge in [0.05, 0.1) is 6.21 Å². The number of anilines is 1. The molecular weight excluding hydrogens is 322 g/mol. The highest BCUT2D eigenvalue weighted by Crippen LogP contribution is 2.14. The Morgan fingerprint density at radius 1 is 1.00 bits per heavy atom. The van der Waals surface area contributed by atoms with E-state index in [9.17, 15) is 0 Å². The van der Waals surface area contributed by atoms with Crippen molar-refractivity contribution in [3.63, 3.8) is 0 Å². The van der Waals surface area contributed by atoms with Gasteiger partial charge in [0.15, 0.2) is 0 Å². The molecule has 0 aliphatic rings. The predicted molar refractivity (Wildman–Crippen MR) is 97.7 cm³/mol. The normalized spacial score (nSPS) is 10.7. The molecule has 0 radical (unpaired) electrons. The van der Waals surface area contributed by atoms with Gasteiger partial charge in [0.1, 0.15) is 23.3 Å². The van der Waals surface area contributed by atoms with Gasteiger partial charge in [0.2, 0.25) is 0 Å². The lowest BCUT2D eigenvalue weighted by Gasteiger charge is -2.06. The fourth-order valence-corrected chi connectivity index (χ4v) is 2.23. The minimum absolute atomic E-state index is 0.423.